The van der Waals surface area contributed by atoms with Crippen LogP contribution >= 0.6 is 15.9 Å². The second kappa shape index (κ2) is 5.71. The van der Waals surface area contributed by atoms with Gasteiger partial charge in [0.15, 0.2) is 0 Å². The topological polar surface area (TPSA) is 92.5 Å². The zero-order valence-corrected chi connectivity index (χ0v) is 13.4. The first-order chi connectivity index (χ1) is 9.32. The summed E-state index contributed by atoms with van der Waals surface area (Å²) >= 11 is 3.28. The molecule has 1 aliphatic heterocycles. The number of aryl methyl sites for hydroxylation is 1. The molecule has 0 bridgehead atoms. The van der Waals surface area contributed by atoms with Crippen molar-refractivity contribution in [3.63, 3.8) is 0 Å². The Morgan fingerprint density at radius 2 is 2.05 bits per heavy atom. The summed E-state index contributed by atoms with van der Waals surface area (Å²) in [6, 6.07) is 3.14. The number of nitrogen functional groups attached to an aromatic ring is 1. The minimum atomic E-state index is -3.64. The third-order valence-electron chi connectivity index (χ3n) is 3.18. The minimum Gasteiger partial charge on any atom is -0.398 e. The van der Waals surface area contributed by atoms with Crippen LogP contribution in [0.1, 0.15) is 12.0 Å². The molecule has 0 aromatic heterocycles. The zero-order chi connectivity index (χ0) is 14.9. The van der Waals surface area contributed by atoms with E-state index >= 15 is 0 Å². The van der Waals surface area contributed by atoms with Crippen molar-refractivity contribution in [2.24, 2.45) is 0 Å². The number of hydrogen-bond donors (Lipinski definition) is 2. The number of carbonyl (C=O) groups is 1. The first kappa shape index (κ1) is 15.3. The van der Waals surface area contributed by atoms with Gasteiger partial charge in [0.1, 0.15) is 0 Å². The SMILES string of the molecule is Cc1cc(Br)c(N)cc1S(=O)(=O)N1CCNC(=O)CC1. The fourth-order valence-electron chi connectivity index (χ4n) is 2.07. The fourth-order valence-corrected chi connectivity index (χ4v) is 4.21. The number of hydrogen-bond acceptors (Lipinski definition) is 4. The van der Waals surface area contributed by atoms with Crippen LogP contribution in [0, 0.1) is 6.92 Å². The van der Waals surface area contributed by atoms with E-state index in [2.05, 4.69) is 21.2 Å². The summed E-state index contributed by atoms with van der Waals surface area (Å²) in [5, 5.41) is 2.66. The maximum absolute atomic E-state index is 12.6. The van der Waals surface area contributed by atoms with Crippen LogP contribution in [-0.4, -0.2) is 38.3 Å². The third-order valence-corrected chi connectivity index (χ3v) is 5.91. The lowest BCUT2D eigenvalue weighted by atomic mass is 10.2. The molecular weight excluding hydrogens is 346 g/mol. The number of amides is 1. The number of sulfonamides is 1. The number of halogens is 1. The van der Waals surface area contributed by atoms with Crippen molar-refractivity contribution < 1.29 is 13.2 Å². The number of nitrogens with zero attached hydrogens (tertiary/aromatic N) is 1. The van der Waals surface area contributed by atoms with E-state index in [1.165, 1.54) is 10.4 Å². The van der Waals surface area contributed by atoms with Gasteiger partial charge < -0.3 is 11.1 Å². The standard InChI is InChI=1S/C12H16BrN3O3S/c1-8-6-9(13)10(14)7-11(8)20(18,19)16-4-2-12(17)15-3-5-16/h6-7H,2-5,14H2,1H3,(H,15,17). The van der Waals surface area contributed by atoms with Gasteiger partial charge in [-0.25, -0.2) is 8.42 Å². The van der Waals surface area contributed by atoms with E-state index in [-0.39, 0.29) is 30.3 Å². The summed E-state index contributed by atoms with van der Waals surface area (Å²) in [6.45, 7) is 2.49. The van der Waals surface area contributed by atoms with E-state index in [0.29, 0.717) is 22.3 Å². The van der Waals surface area contributed by atoms with E-state index in [0.717, 1.165) is 0 Å². The Balaban J connectivity index is 2.39. The molecule has 0 spiro atoms. The number of carbonyl (C=O) groups excluding carboxylic acids is 1. The number of rotatable bonds is 2. The summed E-state index contributed by atoms with van der Waals surface area (Å²) in [6.07, 6.45) is 0.171. The summed E-state index contributed by atoms with van der Waals surface area (Å²) < 4.78 is 27.3. The highest BCUT2D eigenvalue weighted by Gasteiger charge is 2.28. The molecule has 1 aliphatic rings. The van der Waals surface area contributed by atoms with Gasteiger partial charge in [-0.2, -0.15) is 4.31 Å². The molecule has 20 heavy (non-hydrogen) atoms. The molecule has 1 aromatic rings. The van der Waals surface area contributed by atoms with E-state index in [4.69, 9.17) is 5.73 Å². The Kier molecular flexibility index (Phi) is 4.36. The van der Waals surface area contributed by atoms with Crippen LogP contribution in [0.4, 0.5) is 5.69 Å². The molecule has 1 fully saturated rings. The second-order valence-corrected chi connectivity index (χ2v) is 7.40. The molecule has 1 amide bonds. The molecule has 0 unspecified atom stereocenters. The highest BCUT2D eigenvalue weighted by Crippen LogP contribution is 2.28. The smallest absolute Gasteiger partial charge is 0.243 e. The van der Waals surface area contributed by atoms with Crippen LogP contribution < -0.4 is 11.1 Å². The van der Waals surface area contributed by atoms with Crippen molar-refractivity contribution in [3.8, 4) is 0 Å². The lowest BCUT2D eigenvalue weighted by molar-refractivity contribution is -0.120. The van der Waals surface area contributed by atoms with Crippen molar-refractivity contribution in [2.45, 2.75) is 18.2 Å². The number of nitrogens with one attached hydrogen (secondary N) is 1. The van der Waals surface area contributed by atoms with Crippen molar-refractivity contribution in [2.75, 3.05) is 25.4 Å². The number of benzene rings is 1. The predicted octanol–water partition coefficient (Wildman–Crippen LogP) is 0.850. The summed E-state index contributed by atoms with van der Waals surface area (Å²) in [5.74, 6) is -0.130. The normalized spacial score (nSPS) is 17.6. The fraction of sp³-hybridized carbons (Fsp3) is 0.417. The monoisotopic (exact) mass is 361 g/mol. The molecule has 1 saturated heterocycles. The number of nitrogens with two attached hydrogens (primary N) is 1. The average molecular weight is 362 g/mol. The highest BCUT2D eigenvalue weighted by atomic mass is 79.9. The maximum atomic E-state index is 12.6. The molecule has 0 atom stereocenters. The van der Waals surface area contributed by atoms with Crippen molar-refractivity contribution in [1.29, 1.82) is 0 Å². The minimum absolute atomic E-state index is 0.130. The van der Waals surface area contributed by atoms with Gasteiger partial charge in [-0.05, 0) is 40.5 Å². The van der Waals surface area contributed by atoms with Gasteiger partial charge >= 0.3 is 0 Å². The van der Waals surface area contributed by atoms with Crippen LogP contribution in [0.15, 0.2) is 21.5 Å². The quantitative estimate of drug-likeness (QED) is 0.763. The van der Waals surface area contributed by atoms with E-state index in [1.54, 1.807) is 13.0 Å². The molecule has 6 nitrogen and oxygen atoms in total. The Bertz CT molecular complexity index is 646. The van der Waals surface area contributed by atoms with E-state index in [9.17, 15) is 13.2 Å². The van der Waals surface area contributed by atoms with Crippen molar-refractivity contribution in [3.05, 3.63) is 22.2 Å². The molecule has 8 heteroatoms. The van der Waals surface area contributed by atoms with Gasteiger partial charge in [-0.1, -0.05) is 0 Å². The molecule has 3 N–H and O–H groups in total. The summed E-state index contributed by atoms with van der Waals surface area (Å²) in [5.41, 5.74) is 6.77. The largest absolute Gasteiger partial charge is 0.398 e. The van der Waals surface area contributed by atoms with Gasteiger partial charge in [0.05, 0.1) is 4.90 Å². The Hall–Kier alpha value is -1.12. The van der Waals surface area contributed by atoms with Crippen LogP contribution in [0.3, 0.4) is 0 Å². The predicted molar refractivity (Wildman–Crippen MR) is 79.7 cm³/mol. The van der Waals surface area contributed by atoms with Crippen LogP contribution in [0.5, 0.6) is 0 Å². The van der Waals surface area contributed by atoms with Crippen LogP contribution in [0.25, 0.3) is 0 Å². The van der Waals surface area contributed by atoms with Gasteiger partial charge in [-0.3, -0.25) is 4.79 Å². The molecule has 0 saturated carbocycles. The van der Waals surface area contributed by atoms with Crippen LogP contribution in [0.2, 0.25) is 0 Å². The third kappa shape index (κ3) is 2.97. The lowest BCUT2D eigenvalue weighted by Gasteiger charge is -2.21. The summed E-state index contributed by atoms with van der Waals surface area (Å²) in [4.78, 5) is 11.5. The first-order valence-electron chi connectivity index (χ1n) is 6.15. The molecule has 1 aromatic carbocycles. The molecule has 1 heterocycles. The van der Waals surface area contributed by atoms with Gasteiger partial charge in [0.2, 0.25) is 15.9 Å². The Morgan fingerprint density at radius 1 is 1.35 bits per heavy atom. The molecule has 0 aliphatic carbocycles. The van der Waals surface area contributed by atoms with Gasteiger partial charge in [0, 0.05) is 36.2 Å². The molecule has 110 valence electrons. The van der Waals surface area contributed by atoms with Gasteiger partial charge in [0.25, 0.3) is 0 Å². The van der Waals surface area contributed by atoms with E-state index in [1.807, 2.05) is 0 Å². The zero-order valence-electron chi connectivity index (χ0n) is 11.0. The molecular formula is C12H16BrN3O3S. The Morgan fingerprint density at radius 3 is 2.75 bits per heavy atom. The Labute approximate surface area is 126 Å². The summed E-state index contributed by atoms with van der Waals surface area (Å²) in [7, 11) is -3.64. The van der Waals surface area contributed by atoms with Gasteiger partial charge in [-0.15, -0.1) is 0 Å². The molecule has 2 rings (SSSR count). The second-order valence-electron chi connectivity index (χ2n) is 4.64. The lowest BCUT2D eigenvalue weighted by Crippen LogP contribution is -2.34. The highest BCUT2D eigenvalue weighted by molar-refractivity contribution is 9.10. The molecule has 0 radical (unpaired) electrons. The van der Waals surface area contributed by atoms with E-state index < -0.39 is 10.0 Å². The van der Waals surface area contributed by atoms with Crippen molar-refractivity contribution >= 4 is 37.5 Å². The average Bonchev–Trinajstić information content (AvgIpc) is 2.59. The first-order valence-corrected chi connectivity index (χ1v) is 8.38. The van der Waals surface area contributed by atoms with Crippen molar-refractivity contribution in [1.82, 2.24) is 9.62 Å². The number of anilines is 1. The van der Waals surface area contributed by atoms with Crippen LogP contribution in [-0.2, 0) is 14.8 Å². The maximum Gasteiger partial charge on any atom is 0.243 e.